The Balaban J connectivity index is 1.39. The quantitative estimate of drug-likeness (QED) is 0.217. The Labute approximate surface area is 244 Å². The lowest BCUT2D eigenvalue weighted by Crippen LogP contribution is -2.11. The molecule has 42 heavy (non-hydrogen) atoms. The summed E-state index contributed by atoms with van der Waals surface area (Å²) in [6.45, 7) is 0. The summed E-state index contributed by atoms with van der Waals surface area (Å²) in [5.41, 5.74) is 9.64. The summed E-state index contributed by atoms with van der Waals surface area (Å²) >= 11 is 0. The van der Waals surface area contributed by atoms with Gasteiger partial charge in [0.05, 0.1) is 11.4 Å². The molecule has 198 valence electrons. The molecule has 0 N–H and O–H groups in total. The largest absolute Gasteiger partial charge is 0.454 e. The fourth-order valence-electron chi connectivity index (χ4n) is 6.10. The molecule has 0 bridgehead atoms. The number of hydrogen-bond donors (Lipinski definition) is 0. The first-order chi connectivity index (χ1) is 20.8. The van der Waals surface area contributed by atoms with Gasteiger partial charge in [-0.25, -0.2) is 0 Å². The van der Waals surface area contributed by atoms with E-state index in [1.165, 1.54) is 27.5 Å². The van der Waals surface area contributed by atoms with E-state index in [2.05, 4.69) is 169 Å². The monoisotopic (exact) mass is 537 g/mol. The second-order valence-electron chi connectivity index (χ2n) is 10.5. The number of rotatable bonds is 5. The van der Waals surface area contributed by atoms with Crippen LogP contribution in [0.5, 0.6) is 0 Å². The van der Waals surface area contributed by atoms with Gasteiger partial charge in [0.2, 0.25) is 0 Å². The van der Waals surface area contributed by atoms with E-state index < -0.39 is 0 Å². The van der Waals surface area contributed by atoms with Gasteiger partial charge in [0.25, 0.3) is 0 Å². The van der Waals surface area contributed by atoms with Crippen molar-refractivity contribution < 1.29 is 4.42 Å². The first kappa shape index (κ1) is 24.2. The van der Waals surface area contributed by atoms with Crippen molar-refractivity contribution in [1.29, 1.82) is 0 Å². The molecule has 0 saturated carbocycles. The van der Waals surface area contributed by atoms with Gasteiger partial charge in [-0.3, -0.25) is 0 Å². The topological polar surface area (TPSA) is 16.4 Å². The maximum Gasteiger partial charge on any atom is 0.159 e. The fourth-order valence-corrected chi connectivity index (χ4v) is 6.10. The van der Waals surface area contributed by atoms with Crippen LogP contribution in [0.2, 0.25) is 0 Å². The van der Waals surface area contributed by atoms with E-state index in [0.29, 0.717) is 0 Å². The maximum absolute atomic E-state index is 6.71. The van der Waals surface area contributed by atoms with Gasteiger partial charge in [-0.05, 0) is 57.8 Å². The van der Waals surface area contributed by atoms with Crippen molar-refractivity contribution >= 4 is 49.8 Å². The van der Waals surface area contributed by atoms with Crippen molar-refractivity contribution in [3.63, 3.8) is 0 Å². The normalized spacial score (nSPS) is 11.3. The van der Waals surface area contributed by atoms with Crippen LogP contribution in [0.1, 0.15) is 0 Å². The molecule has 0 spiro atoms. The lowest BCUT2D eigenvalue weighted by Gasteiger charge is -2.28. The van der Waals surface area contributed by atoms with E-state index in [4.69, 9.17) is 4.42 Å². The van der Waals surface area contributed by atoms with E-state index in [1.807, 2.05) is 0 Å². The van der Waals surface area contributed by atoms with Gasteiger partial charge < -0.3 is 9.32 Å². The second-order valence-corrected chi connectivity index (χ2v) is 10.5. The van der Waals surface area contributed by atoms with Crippen molar-refractivity contribution in [1.82, 2.24) is 0 Å². The number of para-hydroxylation sites is 2. The predicted octanol–water partition coefficient (Wildman–Crippen LogP) is 11.5. The van der Waals surface area contributed by atoms with Gasteiger partial charge in [-0.15, -0.1) is 0 Å². The van der Waals surface area contributed by atoms with Crippen LogP contribution in [0.15, 0.2) is 168 Å². The molecular formula is C40H27NO. The Bertz CT molecular complexity index is 2180. The highest BCUT2D eigenvalue weighted by molar-refractivity contribution is 6.21. The smallest absolute Gasteiger partial charge is 0.159 e. The summed E-state index contributed by atoms with van der Waals surface area (Å²) in [5, 5.41) is 4.68. The van der Waals surface area contributed by atoms with Crippen LogP contribution in [-0.4, -0.2) is 0 Å². The molecule has 0 radical (unpaired) electrons. The van der Waals surface area contributed by atoms with Gasteiger partial charge in [0, 0.05) is 22.0 Å². The van der Waals surface area contributed by atoms with Crippen molar-refractivity contribution in [3.05, 3.63) is 164 Å². The Morgan fingerprint density at radius 3 is 1.83 bits per heavy atom. The third kappa shape index (κ3) is 4.05. The summed E-state index contributed by atoms with van der Waals surface area (Å²) in [4.78, 5) is 2.34. The van der Waals surface area contributed by atoms with Gasteiger partial charge in [-0.1, -0.05) is 133 Å². The van der Waals surface area contributed by atoms with Crippen molar-refractivity contribution in [2.75, 3.05) is 4.90 Å². The highest BCUT2D eigenvalue weighted by atomic mass is 16.3. The predicted molar refractivity (Wildman–Crippen MR) is 177 cm³/mol. The number of hydrogen-bond acceptors (Lipinski definition) is 2. The van der Waals surface area contributed by atoms with E-state index in [1.54, 1.807) is 0 Å². The molecule has 0 atom stereocenters. The zero-order valence-corrected chi connectivity index (χ0v) is 22.9. The molecule has 0 saturated heterocycles. The zero-order chi connectivity index (χ0) is 27.9. The van der Waals surface area contributed by atoms with Gasteiger partial charge >= 0.3 is 0 Å². The van der Waals surface area contributed by atoms with Crippen LogP contribution in [0.4, 0.5) is 17.1 Å². The average Bonchev–Trinajstić information content (AvgIpc) is 3.46. The van der Waals surface area contributed by atoms with Crippen LogP contribution in [0, 0.1) is 0 Å². The minimum absolute atomic E-state index is 0.874. The highest BCUT2D eigenvalue weighted by Gasteiger charge is 2.22. The molecule has 0 aliphatic rings. The Morgan fingerprint density at radius 1 is 0.405 bits per heavy atom. The lowest BCUT2D eigenvalue weighted by atomic mass is 10.0. The second kappa shape index (κ2) is 10.1. The summed E-state index contributed by atoms with van der Waals surface area (Å²) in [6, 6.07) is 57.8. The summed E-state index contributed by atoms with van der Waals surface area (Å²) in [7, 11) is 0. The highest BCUT2D eigenvalue weighted by Crippen LogP contribution is 2.46. The SMILES string of the molecule is c1ccc(-c2ccc(N(c3ccccc3-c3ccccc3)c3cccc4c3oc3ccc5ccccc5c34)cc2)cc1. The van der Waals surface area contributed by atoms with Crippen LogP contribution < -0.4 is 4.90 Å². The fraction of sp³-hybridized carbons (Fsp3) is 0. The average molecular weight is 538 g/mol. The molecule has 1 heterocycles. The number of anilines is 3. The molecule has 2 heteroatoms. The molecule has 7 aromatic carbocycles. The molecule has 0 fully saturated rings. The van der Waals surface area contributed by atoms with Gasteiger partial charge in [-0.2, -0.15) is 0 Å². The van der Waals surface area contributed by atoms with Crippen LogP contribution in [-0.2, 0) is 0 Å². The van der Waals surface area contributed by atoms with Gasteiger partial charge in [0.1, 0.15) is 5.58 Å². The van der Waals surface area contributed by atoms with Gasteiger partial charge in [0.15, 0.2) is 5.58 Å². The van der Waals surface area contributed by atoms with Crippen LogP contribution in [0.25, 0.3) is 55.0 Å². The Hall–Kier alpha value is -5.60. The number of nitrogens with zero attached hydrogens (tertiary/aromatic N) is 1. The number of fused-ring (bicyclic) bond motifs is 5. The van der Waals surface area contributed by atoms with Crippen LogP contribution >= 0.6 is 0 Å². The molecule has 0 aliphatic carbocycles. The zero-order valence-electron chi connectivity index (χ0n) is 22.9. The van der Waals surface area contributed by atoms with E-state index in [-0.39, 0.29) is 0 Å². The molecule has 8 rings (SSSR count). The number of furan rings is 1. The maximum atomic E-state index is 6.71. The molecular weight excluding hydrogens is 510 g/mol. The van der Waals surface area contributed by atoms with E-state index >= 15 is 0 Å². The minimum atomic E-state index is 0.874. The first-order valence-corrected chi connectivity index (χ1v) is 14.3. The van der Waals surface area contributed by atoms with Crippen molar-refractivity contribution in [3.8, 4) is 22.3 Å². The summed E-state index contributed by atoms with van der Waals surface area (Å²) in [6.07, 6.45) is 0. The summed E-state index contributed by atoms with van der Waals surface area (Å²) in [5.74, 6) is 0. The first-order valence-electron chi connectivity index (χ1n) is 14.3. The molecule has 0 amide bonds. The third-order valence-corrected chi connectivity index (χ3v) is 8.07. The number of benzene rings is 7. The van der Waals surface area contributed by atoms with E-state index in [0.717, 1.165) is 44.6 Å². The van der Waals surface area contributed by atoms with Crippen molar-refractivity contribution in [2.24, 2.45) is 0 Å². The molecule has 2 nitrogen and oxygen atoms in total. The Kier molecular flexibility index (Phi) is 5.82. The molecule has 1 aromatic heterocycles. The van der Waals surface area contributed by atoms with Crippen LogP contribution in [0.3, 0.4) is 0 Å². The minimum Gasteiger partial charge on any atom is -0.454 e. The summed E-state index contributed by atoms with van der Waals surface area (Å²) < 4.78 is 6.71. The molecule has 8 aromatic rings. The standard InChI is InChI=1S/C40H27NO/c1-3-12-28(13-4-1)29-22-25-32(26-23-29)41(36-20-10-9-17-33(36)30-14-5-2-6-15-30)37-21-11-19-35-39-34-18-8-7-16-31(34)24-27-38(39)42-40(35)37/h1-27H. The van der Waals surface area contributed by atoms with Crippen molar-refractivity contribution in [2.45, 2.75) is 0 Å². The lowest BCUT2D eigenvalue weighted by molar-refractivity contribution is 0.669. The van der Waals surface area contributed by atoms with E-state index in [9.17, 15) is 0 Å². The molecule has 0 aliphatic heterocycles. The Morgan fingerprint density at radius 2 is 1.02 bits per heavy atom. The third-order valence-electron chi connectivity index (χ3n) is 8.07. The molecule has 0 unspecified atom stereocenters.